The van der Waals surface area contributed by atoms with Gasteiger partial charge in [-0.25, -0.2) is 12.8 Å². The van der Waals surface area contributed by atoms with Crippen LogP contribution in [0.5, 0.6) is 0 Å². The summed E-state index contributed by atoms with van der Waals surface area (Å²) in [6, 6.07) is 16.3. The van der Waals surface area contributed by atoms with E-state index < -0.39 is 31.1 Å². The zero-order valence-electron chi connectivity index (χ0n) is 13.6. The first-order chi connectivity index (χ1) is 12.8. The second-order valence-corrected chi connectivity index (χ2v) is 8.40. The SMILES string of the molecule is O=C(NC(=C(Cl)Cl)S(=O)(=O)c1ccc2ccccc2c1)c1ccc(F)cc1. The average Bonchev–Trinajstić information content (AvgIpc) is 2.65. The molecule has 0 unspecified atom stereocenters. The second-order valence-electron chi connectivity index (χ2n) is 5.56. The molecule has 3 rings (SSSR count). The summed E-state index contributed by atoms with van der Waals surface area (Å²) in [4.78, 5) is 12.2. The summed E-state index contributed by atoms with van der Waals surface area (Å²) in [7, 11) is -4.19. The summed E-state index contributed by atoms with van der Waals surface area (Å²) < 4.78 is 38.3. The molecule has 0 aromatic heterocycles. The Morgan fingerprint density at radius 2 is 1.52 bits per heavy atom. The normalized spacial score (nSPS) is 11.2. The Labute approximate surface area is 165 Å². The third-order valence-corrected chi connectivity index (χ3v) is 6.13. The molecule has 0 aliphatic carbocycles. The molecule has 138 valence electrons. The minimum Gasteiger partial charge on any atom is -0.310 e. The molecule has 0 radical (unpaired) electrons. The Bertz CT molecular complexity index is 1160. The van der Waals surface area contributed by atoms with E-state index in [2.05, 4.69) is 5.32 Å². The molecule has 0 bridgehead atoms. The van der Waals surface area contributed by atoms with E-state index in [1.807, 2.05) is 12.1 Å². The van der Waals surface area contributed by atoms with Gasteiger partial charge >= 0.3 is 0 Å². The van der Waals surface area contributed by atoms with Gasteiger partial charge in [0.1, 0.15) is 10.3 Å². The molecule has 8 heteroatoms. The second kappa shape index (κ2) is 7.68. The van der Waals surface area contributed by atoms with E-state index in [-0.39, 0.29) is 10.5 Å². The van der Waals surface area contributed by atoms with Crippen molar-refractivity contribution in [2.75, 3.05) is 0 Å². The number of hydrogen-bond donors (Lipinski definition) is 1. The molecule has 1 N–H and O–H groups in total. The molecule has 27 heavy (non-hydrogen) atoms. The highest BCUT2D eigenvalue weighted by Crippen LogP contribution is 2.27. The van der Waals surface area contributed by atoms with Gasteiger partial charge in [0.05, 0.1) is 4.90 Å². The number of rotatable bonds is 4. The lowest BCUT2D eigenvalue weighted by molar-refractivity contribution is 0.0968. The van der Waals surface area contributed by atoms with Crippen molar-refractivity contribution in [2.24, 2.45) is 0 Å². The Kier molecular flexibility index (Phi) is 5.51. The lowest BCUT2D eigenvalue weighted by Crippen LogP contribution is -2.28. The molecule has 0 aliphatic rings. The average molecular weight is 424 g/mol. The molecule has 0 saturated heterocycles. The molecule has 0 heterocycles. The van der Waals surface area contributed by atoms with Gasteiger partial charge in [0.25, 0.3) is 5.91 Å². The maximum absolute atomic E-state index is 13.0. The van der Waals surface area contributed by atoms with Crippen LogP contribution in [0.4, 0.5) is 4.39 Å². The van der Waals surface area contributed by atoms with Crippen molar-refractivity contribution in [1.82, 2.24) is 5.32 Å². The van der Waals surface area contributed by atoms with E-state index >= 15 is 0 Å². The van der Waals surface area contributed by atoms with E-state index in [1.54, 1.807) is 18.2 Å². The smallest absolute Gasteiger partial charge is 0.256 e. The van der Waals surface area contributed by atoms with E-state index in [0.29, 0.717) is 5.39 Å². The monoisotopic (exact) mass is 423 g/mol. The van der Waals surface area contributed by atoms with E-state index in [1.165, 1.54) is 24.3 Å². The van der Waals surface area contributed by atoms with E-state index in [4.69, 9.17) is 23.2 Å². The quantitative estimate of drug-likeness (QED) is 0.655. The van der Waals surface area contributed by atoms with Gasteiger partial charge in [0.15, 0.2) is 5.03 Å². The van der Waals surface area contributed by atoms with Crippen molar-refractivity contribution >= 4 is 49.7 Å². The van der Waals surface area contributed by atoms with Crippen LogP contribution in [0.3, 0.4) is 0 Å². The largest absolute Gasteiger partial charge is 0.310 e. The highest BCUT2D eigenvalue weighted by molar-refractivity contribution is 7.95. The zero-order valence-corrected chi connectivity index (χ0v) is 15.9. The van der Waals surface area contributed by atoms with E-state index in [9.17, 15) is 17.6 Å². The lowest BCUT2D eigenvalue weighted by atomic mass is 10.1. The molecule has 0 aliphatic heterocycles. The summed E-state index contributed by atoms with van der Waals surface area (Å²) in [5.41, 5.74) is 0.0530. The third-order valence-electron chi connectivity index (χ3n) is 3.81. The topological polar surface area (TPSA) is 63.2 Å². The van der Waals surface area contributed by atoms with Crippen LogP contribution in [0.2, 0.25) is 0 Å². The number of carbonyl (C=O) groups is 1. The Balaban J connectivity index is 1.99. The minimum absolute atomic E-state index is 0.0530. The number of halogens is 3. The fraction of sp³-hybridized carbons (Fsp3) is 0. The van der Waals surface area contributed by atoms with Crippen LogP contribution >= 0.6 is 23.2 Å². The third kappa shape index (κ3) is 4.13. The maximum atomic E-state index is 13.0. The Morgan fingerprint density at radius 3 is 2.15 bits per heavy atom. The number of fused-ring (bicyclic) bond motifs is 1. The first kappa shape index (κ1) is 19.4. The maximum Gasteiger partial charge on any atom is 0.256 e. The molecule has 0 spiro atoms. The van der Waals surface area contributed by atoms with Crippen LogP contribution in [0.1, 0.15) is 10.4 Å². The minimum atomic E-state index is -4.19. The first-order valence-corrected chi connectivity index (χ1v) is 9.89. The molecule has 3 aromatic rings. The molecule has 3 aromatic carbocycles. The fourth-order valence-corrected chi connectivity index (χ4v) is 4.34. The van der Waals surface area contributed by atoms with Gasteiger partial charge in [-0.2, -0.15) is 0 Å². The summed E-state index contributed by atoms with van der Waals surface area (Å²) in [6.45, 7) is 0. The molecule has 0 saturated carbocycles. The van der Waals surface area contributed by atoms with Crippen LogP contribution in [0.25, 0.3) is 10.8 Å². The summed E-state index contributed by atoms with van der Waals surface area (Å²) in [5, 5.41) is 3.12. The van der Waals surface area contributed by atoms with Crippen LogP contribution in [-0.4, -0.2) is 14.3 Å². The van der Waals surface area contributed by atoms with Gasteiger partial charge in [-0.05, 0) is 47.2 Å². The number of sulfone groups is 1. The lowest BCUT2D eigenvalue weighted by Gasteiger charge is -2.12. The van der Waals surface area contributed by atoms with Crippen LogP contribution in [-0.2, 0) is 9.84 Å². The van der Waals surface area contributed by atoms with E-state index in [0.717, 1.165) is 17.5 Å². The molecule has 1 amide bonds. The zero-order chi connectivity index (χ0) is 19.6. The number of nitrogens with one attached hydrogen (secondary N) is 1. The predicted octanol–water partition coefficient (Wildman–Crippen LogP) is 4.79. The van der Waals surface area contributed by atoms with Crippen LogP contribution < -0.4 is 5.32 Å². The van der Waals surface area contributed by atoms with Crippen LogP contribution in [0.15, 0.2) is 81.1 Å². The summed E-state index contributed by atoms with van der Waals surface area (Å²) >= 11 is 11.5. The summed E-state index contributed by atoms with van der Waals surface area (Å²) in [6.07, 6.45) is 0. The van der Waals surface area contributed by atoms with Crippen molar-refractivity contribution in [3.63, 3.8) is 0 Å². The van der Waals surface area contributed by atoms with Gasteiger partial charge in [-0.3, -0.25) is 4.79 Å². The Morgan fingerprint density at radius 1 is 0.889 bits per heavy atom. The van der Waals surface area contributed by atoms with Gasteiger partial charge in [0, 0.05) is 5.56 Å². The molecule has 0 fully saturated rings. The molecular weight excluding hydrogens is 412 g/mol. The van der Waals surface area contributed by atoms with Crippen molar-refractivity contribution in [3.05, 3.63) is 87.6 Å². The highest BCUT2D eigenvalue weighted by Gasteiger charge is 2.26. The van der Waals surface area contributed by atoms with Crippen LogP contribution in [0, 0.1) is 5.82 Å². The fourth-order valence-electron chi connectivity index (χ4n) is 2.44. The Hall–Kier alpha value is -2.41. The number of hydrogen-bond acceptors (Lipinski definition) is 3. The first-order valence-electron chi connectivity index (χ1n) is 7.65. The van der Waals surface area contributed by atoms with Crippen molar-refractivity contribution in [2.45, 2.75) is 4.90 Å². The summed E-state index contributed by atoms with van der Waals surface area (Å²) in [5.74, 6) is -1.31. The highest BCUT2D eigenvalue weighted by atomic mass is 35.5. The van der Waals surface area contributed by atoms with Crippen molar-refractivity contribution in [3.8, 4) is 0 Å². The predicted molar refractivity (Wildman–Crippen MR) is 104 cm³/mol. The van der Waals surface area contributed by atoms with Gasteiger partial charge in [0.2, 0.25) is 9.84 Å². The number of carbonyl (C=O) groups excluding carboxylic acids is 1. The van der Waals surface area contributed by atoms with Gasteiger partial charge in [-0.1, -0.05) is 53.5 Å². The van der Waals surface area contributed by atoms with Crippen molar-refractivity contribution in [1.29, 1.82) is 0 Å². The molecule has 0 atom stereocenters. The van der Waals surface area contributed by atoms with Gasteiger partial charge < -0.3 is 5.32 Å². The van der Waals surface area contributed by atoms with Crippen molar-refractivity contribution < 1.29 is 17.6 Å². The molecule has 4 nitrogen and oxygen atoms in total. The van der Waals surface area contributed by atoms with Gasteiger partial charge in [-0.15, -0.1) is 0 Å². The standard InChI is InChI=1S/C19H12Cl2FNO3S/c20-17(21)19(23-18(24)13-5-8-15(22)9-6-13)27(25,26)16-10-7-12-3-1-2-4-14(12)11-16/h1-11H,(H,23,24). The number of amides is 1. The molecular formula is C19H12Cl2FNO3S. The number of benzene rings is 3.